The molecule has 0 radical (unpaired) electrons. The van der Waals surface area contributed by atoms with Gasteiger partial charge in [-0.25, -0.2) is 4.98 Å². The molecule has 0 saturated heterocycles. The van der Waals surface area contributed by atoms with E-state index >= 15 is 0 Å². The van der Waals surface area contributed by atoms with E-state index in [4.69, 9.17) is 4.74 Å². The minimum atomic E-state index is 0.513. The third-order valence-corrected chi connectivity index (χ3v) is 3.84. The molecule has 2 aromatic rings. The molecule has 21 heavy (non-hydrogen) atoms. The van der Waals surface area contributed by atoms with Crippen molar-refractivity contribution < 1.29 is 4.74 Å². The number of rotatable bonds is 8. The van der Waals surface area contributed by atoms with E-state index in [1.165, 1.54) is 0 Å². The molecular formula is C17H22N2OS. The van der Waals surface area contributed by atoms with Crippen LogP contribution in [0.15, 0.2) is 35.7 Å². The molecule has 0 aliphatic rings. The van der Waals surface area contributed by atoms with Crippen molar-refractivity contribution in [1.82, 2.24) is 10.3 Å². The largest absolute Gasteiger partial charge is 0.487 e. The fourth-order valence-electron chi connectivity index (χ4n) is 1.95. The first-order chi connectivity index (χ1) is 10.3. The fourth-order valence-corrected chi connectivity index (χ4v) is 2.70. The topological polar surface area (TPSA) is 34.1 Å². The quantitative estimate of drug-likeness (QED) is 0.740. The van der Waals surface area contributed by atoms with E-state index < -0.39 is 0 Å². The van der Waals surface area contributed by atoms with Crippen LogP contribution in [-0.4, -0.2) is 11.5 Å². The lowest BCUT2D eigenvalue weighted by atomic mass is 10.2. The van der Waals surface area contributed by atoms with Gasteiger partial charge in [0.15, 0.2) is 0 Å². The highest BCUT2D eigenvalue weighted by molar-refractivity contribution is 7.09. The maximum atomic E-state index is 5.89. The number of aromatic nitrogens is 1. The van der Waals surface area contributed by atoms with Crippen LogP contribution in [0.4, 0.5) is 0 Å². The highest BCUT2D eigenvalue weighted by Gasteiger charge is 2.04. The van der Waals surface area contributed by atoms with E-state index in [1.54, 1.807) is 11.3 Å². The first-order valence-corrected chi connectivity index (χ1v) is 8.20. The zero-order valence-corrected chi connectivity index (χ0v) is 13.5. The Labute approximate surface area is 130 Å². The Kier molecular flexibility index (Phi) is 6.44. The summed E-state index contributed by atoms with van der Waals surface area (Å²) in [5.74, 6) is 0.897. The number of benzene rings is 1. The minimum absolute atomic E-state index is 0.513. The molecule has 112 valence electrons. The van der Waals surface area contributed by atoms with Gasteiger partial charge in [-0.2, -0.15) is 0 Å². The molecule has 2 rings (SSSR count). The lowest BCUT2D eigenvalue weighted by Gasteiger charge is -2.07. The van der Waals surface area contributed by atoms with Gasteiger partial charge >= 0.3 is 0 Å². The van der Waals surface area contributed by atoms with E-state index in [0.717, 1.165) is 41.5 Å². The second kappa shape index (κ2) is 8.60. The molecule has 4 heteroatoms. The van der Waals surface area contributed by atoms with E-state index in [1.807, 2.05) is 31.2 Å². The summed E-state index contributed by atoms with van der Waals surface area (Å²) in [4.78, 5) is 4.59. The van der Waals surface area contributed by atoms with Crippen molar-refractivity contribution in [2.75, 3.05) is 6.54 Å². The van der Waals surface area contributed by atoms with Gasteiger partial charge in [0.1, 0.15) is 17.4 Å². The number of allylic oxidation sites excluding steroid dienone is 1. The van der Waals surface area contributed by atoms with E-state index in [9.17, 15) is 0 Å². The van der Waals surface area contributed by atoms with E-state index in [0.29, 0.717) is 6.61 Å². The highest BCUT2D eigenvalue weighted by Crippen LogP contribution is 2.21. The number of thiazole rings is 1. The molecule has 1 N–H and O–H groups in total. The maximum absolute atomic E-state index is 5.89. The number of ether oxygens (including phenoxy) is 1. The van der Waals surface area contributed by atoms with Crippen LogP contribution < -0.4 is 10.1 Å². The summed E-state index contributed by atoms with van der Waals surface area (Å²) in [6.45, 7) is 6.55. The third-order valence-electron chi connectivity index (χ3n) is 2.94. The van der Waals surface area contributed by atoms with Gasteiger partial charge in [-0.3, -0.25) is 0 Å². The summed E-state index contributed by atoms with van der Waals surface area (Å²) >= 11 is 1.68. The monoisotopic (exact) mass is 302 g/mol. The zero-order valence-electron chi connectivity index (χ0n) is 12.6. The summed E-state index contributed by atoms with van der Waals surface area (Å²) < 4.78 is 5.89. The first kappa shape index (κ1) is 15.7. The van der Waals surface area contributed by atoms with Gasteiger partial charge in [-0.1, -0.05) is 37.3 Å². The van der Waals surface area contributed by atoms with Crippen molar-refractivity contribution in [3.8, 4) is 5.75 Å². The van der Waals surface area contributed by atoms with Crippen LogP contribution in [0, 0.1) is 0 Å². The summed E-state index contributed by atoms with van der Waals surface area (Å²) in [6, 6.07) is 8.05. The van der Waals surface area contributed by atoms with Gasteiger partial charge in [0, 0.05) is 17.5 Å². The lowest BCUT2D eigenvalue weighted by Crippen LogP contribution is -2.13. The fraction of sp³-hybridized carbons (Fsp3) is 0.353. The number of nitrogens with zero attached hydrogens (tertiary/aromatic N) is 1. The highest BCUT2D eigenvalue weighted by atomic mass is 32.1. The van der Waals surface area contributed by atoms with Crippen molar-refractivity contribution in [2.24, 2.45) is 0 Å². The number of nitrogens with one attached hydrogen (secondary N) is 1. The molecule has 0 amide bonds. The Morgan fingerprint density at radius 2 is 2.19 bits per heavy atom. The molecule has 1 aromatic heterocycles. The Bertz CT molecular complexity index is 578. The predicted molar refractivity (Wildman–Crippen MR) is 89.6 cm³/mol. The predicted octanol–water partition coefficient (Wildman–Crippen LogP) is 4.25. The Morgan fingerprint density at radius 3 is 3.00 bits per heavy atom. The Hall–Kier alpha value is -1.65. The van der Waals surface area contributed by atoms with Gasteiger partial charge in [-0.15, -0.1) is 11.3 Å². The van der Waals surface area contributed by atoms with Crippen LogP contribution in [0.2, 0.25) is 0 Å². The molecule has 0 fully saturated rings. The van der Waals surface area contributed by atoms with Gasteiger partial charge < -0.3 is 10.1 Å². The number of hydrogen-bond acceptors (Lipinski definition) is 4. The van der Waals surface area contributed by atoms with Crippen LogP contribution in [0.25, 0.3) is 6.08 Å². The van der Waals surface area contributed by atoms with Crippen molar-refractivity contribution in [1.29, 1.82) is 0 Å². The van der Waals surface area contributed by atoms with Crippen molar-refractivity contribution in [3.05, 3.63) is 52.0 Å². The van der Waals surface area contributed by atoms with E-state index in [2.05, 4.69) is 34.7 Å². The second-order valence-electron chi connectivity index (χ2n) is 4.74. The molecule has 0 saturated carbocycles. The van der Waals surface area contributed by atoms with Crippen molar-refractivity contribution in [3.63, 3.8) is 0 Å². The Balaban J connectivity index is 1.91. The molecule has 0 atom stereocenters. The van der Waals surface area contributed by atoms with Crippen molar-refractivity contribution in [2.45, 2.75) is 33.4 Å². The molecule has 1 aromatic carbocycles. The van der Waals surface area contributed by atoms with Gasteiger partial charge in [0.25, 0.3) is 0 Å². The zero-order chi connectivity index (χ0) is 14.9. The second-order valence-corrected chi connectivity index (χ2v) is 5.68. The molecule has 0 spiro atoms. The first-order valence-electron chi connectivity index (χ1n) is 7.32. The summed E-state index contributed by atoms with van der Waals surface area (Å²) in [7, 11) is 0. The summed E-state index contributed by atoms with van der Waals surface area (Å²) in [5.41, 5.74) is 2.09. The van der Waals surface area contributed by atoms with Crippen LogP contribution >= 0.6 is 11.3 Å². The number of para-hydroxylation sites is 1. The molecule has 1 heterocycles. The summed E-state index contributed by atoms with van der Waals surface area (Å²) in [6.07, 6.45) is 5.21. The van der Waals surface area contributed by atoms with Crippen LogP contribution in [-0.2, 0) is 13.2 Å². The van der Waals surface area contributed by atoms with Gasteiger partial charge in [-0.05, 0) is 26.0 Å². The molecule has 0 aliphatic heterocycles. The van der Waals surface area contributed by atoms with Gasteiger partial charge in [0.05, 0.1) is 5.69 Å². The summed E-state index contributed by atoms with van der Waals surface area (Å²) in [5, 5.41) is 6.55. The molecule has 0 bridgehead atoms. The van der Waals surface area contributed by atoms with Crippen LogP contribution in [0.1, 0.15) is 36.5 Å². The normalized spacial score (nSPS) is 11.1. The number of hydrogen-bond donors (Lipinski definition) is 1. The standard InChI is InChI=1S/C17H22N2OS/c1-3-7-14-8-5-6-9-16(14)20-12-15-13-21-17(19-15)11-18-10-4-2/h3,5-9,13,18H,4,10-12H2,1-2H3. The third kappa shape index (κ3) is 4.99. The maximum Gasteiger partial charge on any atom is 0.131 e. The lowest BCUT2D eigenvalue weighted by molar-refractivity contribution is 0.301. The van der Waals surface area contributed by atoms with Crippen LogP contribution in [0.5, 0.6) is 5.75 Å². The molecule has 0 aliphatic carbocycles. The Morgan fingerprint density at radius 1 is 1.33 bits per heavy atom. The molecule has 0 unspecified atom stereocenters. The van der Waals surface area contributed by atoms with Crippen molar-refractivity contribution >= 4 is 17.4 Å². The van der Waals surface area contributed by atoms with E-state index in [-0.39, 0.29) is 0 Å². The van der Waals surface area contributed by atoms with Gasteiger partial charge in [0.2, 0.25) is 0 Å². The minimum Gasteiger partial charge on any atom is -0.487 e. The average Bonchev–Trinajstić information content (AvgIpc) is 2.95. The smallest absolute Gasteiger partial charge is 0.131 e. The average molecular weight is 302 g/mol. The van der Waals surface area contributed by atoms with Crippen LogP contribution in [0.3, 0.4) is 0 Å². The molecular weight excluding hydrogens is 280 g/mol. The molecule has 3 nitrogen and oxygen atoms in total. The SMILES string of the molecule is CC=Cc1ccccc1OCc1csc(CNCCC)n1.